The summed E-state index contributed by atoms with van der Waals surface area (Å²) in [5.74, 6) is 0. The minimum absolute atomic E-state index is 0. The summed E-state index contributed by atoms with van der Waals surface area (Å²) in [6, 6.07) is 5.73. The van der Waals surface area contributed by atoms with Gasteiger partial charge in [0.05, 0.1) is 11.0 Å². The molecule has 0 aliphatic carbocycles. The average Bonchev–Trinajstić information content (AvgIpc) is 2.81. The number of nitro groups is 1. The summed E-state index contributed by atoms with van der Waals surface area (Å²) in [4.78, 5) is 10.2. The smallest absolute Gasteiger partial charge is 0.269 e. The molecule has 18 heavy (non-hydrogen) atoms. The Hall–Kier alpha value is -1.14. The molecule has 0 unspecified atom stereocenters. The summed E-state index contributed by atoms with van der Waals surface area (Å²) < 4.78 is 0. The van der Waals surface area contributed by atoms with E-state index in [0.29, 0.717) is 10.6 Å². The minimum Gasteiger partial charge on any atom is -0.320 e. The predicted octanol–water partition coefficient (Wildman–Crippen LogP) is 3.78. The molecule has 0 radical (unpaired) electrons. The van der Waals surface area contributed by atoms with Gasteiger partial charge >= 0.3 is 0 Å². The van der Waals surface area contributed by atoms with Crippen molar-refractivity contribution in [2.24, 2.45) is 5.73 Å². The Morgan fingerprint density at radius 1 is 1.39 bits per heavy atom. The molecular weight excluding hydrogens is 295 g/mol. The van der Waals surface area contributed by atoms with Crippen molar-refractivity contribution < 1.29 is 4.92 Å². The lowest BCUT2D eigenvalue weighted by Gasteiger charge is -2.11. The van der Waals surface area contributed by atoms with Crippen LogP contribution in [0.5, 0.6) is 0 Å². The third kappa shape index (κ3) is 3.00. The van der Waals surface area contributed by atoms with Crippen molar-refractivity contribution in [2.75, 3.05) is 0 Å². The second kappa shape index (κ2) is 6.15. The van der Waals surface area contributed by atoms with Gasteiger partial charge in [0.25, 0.3) is 5.69 Å². The molecule has 7 heteroatoms. The van der Waals surface area contributed by atoms with Gasteiger partial charge in [0.2, 0.25) is 0 Å². The number of nitrogens with two attached hydrogens (primary N) is 1. The predicted molar refractivity (Wildman–Crippen MR) is 75.7 cm³/mol. The van der Waals surface area contributed by atoms with E-state index < -0.39 is 11.0 Å². The van der Waals surface area contributed by atoms with Crippen LogP contribution >= 0.6 is 35.3 Å². The van der Waals surface area contributed by atoms with Crippen molar-refractivity contribution in [3.8, 4) is 0 Å². The van der Waals surface area contributed by atoms with Crippen molar-refractivity contribution in [3.05, 3.63) is 61.3 Å². The fraction of sp³-hybridized carbons (Fsp3) is 0.0909. The molecule has 2 N–H and O–H groups in total. The van der Waals surface area contributed by atoms with Gasteiger partial charge < -0.3 is 5.73 Å². The topological polar surface area (TPSA) is 69.2 Å². The molecular formula is C11H10Cl2N2O2S. The van der Waals surface area contributed by atoms with Crippen molar-refractivity contribution in [2.45, 2.75) is 6.04 Å². The maximum Gasteiger partial charge on any atom is 0.269 e. The van der Waals surface area contributed by atoms with E-state index in [1.54, 1.807) is 0 Å². The lowest BCUT2D eigenvalue weighted by Crippen LogP contribution is -2.11. The third-order valence-electron chi connectivity index (χ3n) is 2.43. The van der Waals surface area contributed by atoms with Crippen LogP contribution in [0.15, 0.2) is 35.0 Å². The van der Waals surface area contributed by atoms with Crippen molar-refractivity contribution >= 4 is 41.0 Å². The van der Waals surface area contributed by atoms with E-state index in [-0.39, 0.29) is 18.1 Å². The average molecular weight is 305 g/mol. The number of thiophene rings is 1. The molecule has 4 nitrogen and oxygen atoms in total. The zero-order valence-electron chi connectivity index (χ0n) is 9.08. The summed E-state index contributed by atoms with van der Waals surface area (Å²) in [6.07, 6.45) is 0. The van der Waals surface area contributed by atoms with E-state index >= 15 is 0 Å². The van der Waals surface area contributed by atoms with Crippen LogP contribution in [0.2, 0.25) is 5.02 Å². The highest BCUT2D eigenvalue weighted by molar-refractivity contribution is 7.08. The fourth-order valence-corrected chi connectivity index (χ4v) is 2.45. The lowest BCUT2D eigenvalue weighted by atomic mass is 10.0. The normalized spacial score (nSPS) is 11.7. The van der Waals surface area contributed by atoms with E-state index in [2.05, 4.69) is 0 Å². The van der Waals surface area contributed by atoms with Gasteiger partial charge in [-0.1, -0.05) is 11.6 Å². The highest BCUT2D eigenvalue weighted by Crippen LogP contribution is 2.30. The first-order chi connectivity index (χ1) is 8.09. The largest absolute Gasteiger partial charge is 0.320 e. The highest BCUT2D eigenvalue weighted by Gasteiger charge is 2.16. The van der Waals surface area contributed by atoms with Crippen LogP contribution in [0.3, 0.4) is 0 Å². The van der Waals surface area contributed by atoms with Crippen LogP contribution < -0.4 is 5.73 Å². The third-order valence-corrected chi connectivity index (χ3v) is 3.47. The summed E-state index contributed by atoms with van der Waals surface area (Å²) in [5.41, 5.74) is 7.49. The van der Waals surface area contributed by atoms with E-state index in [0.717, 1.165) is 5.56 Å². The Bertz CT molecular complexity index is 546. The maximum atomic E-state index is 10.7. The van der Waals surface area contributed by atoms with Gasteiger partial charge in [-0.05, 0) is 34.0 Å². The zero-order valence-corrected chi connectivity index (χ0v) is 11.5. The van der Waals surface area contributed by atoms with Gasteiger partial charge in [-0.2, -0.15) is 11.3 Å². The number of rotatable bonds is 3. The molecule has 2 aromatic rings. The Kier molecular flexibility index (Phi) is 5.10. The van der Waals surface area contributed by atoms with Crippen LogP contribution in [0.4, 0.5) is 5.69 Å². The first-order valence-electron chi connectivity index (χ1n) is 4.81. The molecule has 0 saturated heterocycles. The molecule has 1 heterocycles. The Morgan fingerprint density at radius 2 is 2.11 bits per heavy atom. The molecule has 1 aromatic heterocycles. The molecule has 0 fully saturated rings. The molecule has 2 rings (SSSR count). The molecule has 1 aromatic carbocycles. The number of hydrogen-bond donors (Lipinski definition) is 1. The number of nitrogens with zero attached hydrogens (tertiary/aromatic N) is 1. The van der Waals surface area contributed by atoms with Crippen LogP contribution in [-0.2, 0) is 0 Å². The summed E-state index contributed by atoms with van der Waals surface area (Å²) in [6.45, 7) is 0. The van der Waals surface area contributed by atoms with Gasteiger partial charge in [0, 0.05) is 17.2 Å². The molecule has 0 aliphatic rings. The number of nitro benzene ring substituents is 1. The Morgan fingerprint density at radius 3 is 2.67 bits per heavy atom. The van der Waals surface area contributed by atoms with Crippen LogP contribution in [-0.4, -0.2) is 4.92 Å². The summed E-state index contributed by atoms with van der Waals surface area (Å²) in [7, 11) is 0. The molecule has 0 aliphatic heterocycles. The number of non-ortho nitro benzene ring substituents is 1. The van der Waals surface area contributed by atoms with E-state index in [1.807, 2.05) is 16.8 Å². The standard InChI is InChI=1S/C11H9ClN2O2S.ClH/c12-10-2-1-8(14(15)16)5-9(10)11(13)7-3-4-17-6-7;/h1-6,11H,13H2;1H/t11-;/m1./s1. The quantitative estimate of drug-likeness (QED) is 0.693. The summed E-state index contributed by atoms with van der Waals surface area (Å²) >= 11 is 7.54. The van der Waals surface area contributed by atoms with Gasteiger partial charge in [-0.25, -0.2) is 0 Å². The minimum atomic E-state index is -0.458. The summed E-state index contributed by atoms with van der Waals surface area (Å²) in [5, 5.41) is 14.9. The molecule has 1 atom stereocenters. The van der Waals surface area contributed by atoms with E-state index in [1.165, 1.54) is 29.5 Å². The van der Waals surface area contributed by atoms with Crippen molar-refractivity contribution in [1.82, 2.24) is 0 Å². The molecule has 0 amide bonds. The van der Waals surface area contributed by atoms with Crippen LogP contribution in [0.25, 0.3) is 0 Å². The first kappa shape index (κ1) is 14.9. The number of halogens is 2. The molecule has 0 spiro atoms. The Balaban J connectivity index is 0.00000162. The number of benzene rings is 1. The SMILES string of the molecule is Cl.N[C@H](c1ccsc1)c1cc([N+](=O)[O-])ccc1Cl. The van der Waals surface area contributed by atoms with Crippen molar-refractivity contribution in [1.29, 1.82) is 0 Å². The Labute approximate surface area is 119 Å². The maximum absolute atomic E-state index is 10.7. The molecule has 0 saturated carbocycles. The van der Waals surface area contributed by atoms with Gasteiger partial charge in [-0.3, -0.25) is 10.1 Å². The second-order valence-corrected chi connectivity index (χ2v) is 4.68. The zero-order chi connectivity index (χ0) is 12.4. The monoisotopic (exact) mass is 304 g/mol. The second-order valence-electron chi connectivity index (χ2n) is 3.50. The van der Waals surface area contributed by atoms with Crippen LogP contribution in [0, 0.1) is 10.1 Å². The van der Waals surface area contributed by atoms with Crippen LogP contribution in [0.1, 0.15) is 17.2 Å². The van der Waals surface area contributed by atoms with Gasteiger partial charge in [0.15, 0.2) is 0 Å². The number of hydrogen-bond acceptors (Lipinski definition) is 4. The molecule has 0 bridgehead atoms. The highest BCUT2D eigenvalue weighted by atomic mass is 35.5. The fourth-order valence-electron chi connectivity index (χ4n) is 1.51. The first-order valence-corrected chi connectivity index (χ1v) is 6.13. The van der Waals surface area contributed by atoms with Gasteiger partial charge in [-0.15, -0.1) is 12.4 Å². The van der Waals surface area contributed by atoms with E-state index in [4.69, 9.17) is 17.3 Å². The van der Waals surface area contributed by atoms with Crippen molar-refractivity contribution in [3.63, 3.8) is 0 Å². The van der Waals surface area contributed by atoms with E-state index in [9.17, 15) is 10.1 Å². The van der Waals surface area contributed by atoms with Gasteiger partial charge in [0.1, 0.15) is 0 Å². The lowest BCUT2D eigenvalue weighted by molar-refractivity contribution is -0.384. The molecule has 96 valence electrons.